The summed E-state index contributed by atoms with van der Waals surface area (Å²) in [7, 11) is -1.83. The molecule has 4 rings (SSSR count). The average Bonchev–Trinajstić information content (AvgIpc) is 3.51. The van der Waals surface area contributed by atoms with Crippen LogP contribution in [-0.2, 0) is 24.4 Å². The Morgan fingerprint density at radius 2 is 1.58 bits per heavy atom. The first kappa shape index (κ1) is 29.3. The minimum atomic E-state index is -3.54. The van der Waals surface area contributed by atoms with Crippen molar-refractivity contribution in [1.29, 1.82) is 0 Å². The largest absolute Gasteiger partial charge is 0.355 e. The van der Waals surface area contributed by atoms with Gasteiger partial charge < -0.3 is 20.9 Å². The Hall–Kier alpha value is -1.72. The molecule has 10 nitrogen and oxygen atoms in total. The molecule has 5 atom stereocenters. The van der Waals surface area contributed by atoms with Gasteiger partial charge in [-0.1, -0.05) is 38.5 Å². The Morgan fingerprint density at radius 1 is 0.947 bits per heavy atom. The monoisotopic (exact) mass is 553 g/mol. The number of likely N-dealkylation sites (tertiary alicyclic amines) is 1. The van der Waals surface area contributed by atoms with Gasteiger partial charge in [0, 0.05) is 25.7 Å². The molecule has 4 aliphatic rings. The summed E-state index contributed by atoms with van der Waals surface area (Å²) in [5, 5.41) is 9.07. The van der Waals surface area contributed by atoms with Crippen LogP contribution < -0.4 is 16.0 Å². The van der Waals surface area contributed by atoms with E-state index in [-0.39, 0.29) is 30.2 Å². The van der Waals surface area contributed by atoms with Crippen LogP contribution in [0.5, 0.6) is 0 Å². The van der Waals surface area contributed by atoms with E-state index < -0.39 is 40.1 Å². The molecule has 0 aromatic heterocycles. The first-order chi connectivity index (χ1) is 18.1. The third-order valence-corrected chi connectivity index (χ3v) is 10.7. The van der Waals surface area contributed by atoms with Gasteiger partial charge in [0.15, 0.2) is 0 Å². The topological polar surface area (TPSA) is 128 Å². The maximum absolute atomic E-state index is 14.2. The Kier molecular flexibility index (Phi) is 9.73. The number of nitrogens with zero attached hydrogens (tertiary/aromatic N) is 2. The lowest BCUT2D eigenvalue weighted by Crippen LogP contribution is -2.58. The molecule has 0 bridgehead atoms. The summed E-state index contributed by atoms with van der Waals surface area (Å²) in [5.41, 5.74) is 0. The zero-order valence-corrected chi connectivity index (χ0v) is 24.1. The van der Waals surface area contributed by atoms with Crippen molar-refractivity contribution in [3.8, 4) is 0 Å². The van der Waals surface area contributed by atoms with Crippen molar-refractivity contribution in [2.75, 3.05) is 32.9 Å². The van der Waals surface area contributed by atoms with Crippen LogP contribution in [0.25, 0.3) is 0 Å². The number of carbonyl (C=O) groups excluding carboxylic acids is 3. The molecule has 2 aliphatic carbocycles. The standard InChI is InChI=1S/C27H47N5O5S/c1-18(28-2)25(33)30-23(20-12-8-5-9-13-20)27(35)31-15-14-22-24(31)21(17-32(22)38(3,36)37)26(34)29-16-19-10-6-4-7-11-19/h18-24,28H,4-17H2,1-3H3,(H,29,34)(H,30,33). The summed E-state index contributed by atoms with van der Waals surface area (Å²) >= 11 is 0. The van der Waals surface area contributed by atoms with Crippen LogP contribution in [0.2, 0.25) is 0 Å². The quantitative estimate of drug-likeness (QED) is 0.394. The van der Waals surface area contributed by atoms with E-state index in [9.17, 15) is 22.8 Å². The van der Waals surface area contributed by atoms with Crippen molar-refractivity contribution in [3.05, 3.63) is 0 Å². The fourth-order valence-corrected chi connectivity index (χ4v) is 8.27. The van der Waals surface area contributed by atoms with Crippen molar-refractivity contribution < 1.29 is 22.8 Å². The lowest BCUT2D eigenvalue weighted by Gasteiger charge is -2.36. The summed E-state index contributed by atoms with van der Waals surface area (Å²) in [4.78, 5) is 42.3. The van der Waals surface area contributed by atoms with Crippen molar-refractivity contribution in [3.63, 3.8) is 0 Å². The average molecular weight is 554 g/mol. The predicted octanol–water partition coefficient (Wildman–Crippen LogP) is 1.22. The van der Waals surface area contributed by atoms with Crippen molar-refractivity contribution >= 4 is 27.7 Å². The lowest BCUT2D eigenvalue weighted by atomic mass is 9.83. The van der Waals surface area contributed by atoms with Gasteiger partial charge in [0.2, 0.25) is 27.7 Å². The van der Waals surface area contributed by atoms with E-state index in [1.807, 2.05) is 0 Å². The van der Waals surface area contributed by atoms with Crippen LogP contribution in [0, 0.1) is 17.8 Å². The number of amides is 3. The van der Waals surface area contributed by atoms with E-state index in [2.05, 4.69) is 16.0 Å². The summed E-state index contributed by atoms with van der Waals surface area (Å²) in [6.45, 7) is 2.83. The number of nitrogens with one attached hydrogen (secondary N) is 3. The van der Waals surface area contributed by atoms with E-state index in [4.69, 9.17) is 0 Å². The number of fused-ring (bicyclic) bond motifs is 1. The zero-order valence-electron chi connectivity index (χ0n) is 23.3. The fraction of sp³-hybridized carbons (Fsp3) is 0.889. The summed E-state index contributed by atoms with van der Waals surface area (Å²) < 4.78 is 26.8. The molecule has 216 valence electrons. The molecule has 2 saturated heterocycles. The Bertz CT molecular complexity index is 963. The second kappa shape index (κ2) is 12.6. The third-order valence-electron chi connectivity index (χ3n) is 9.43. The van der Waals surface area contributed by atoms with E-state index >= 15 is 0 Å². The number of rotatable bonds is 9. The van der Waals surface area contributed by atoms with Gasteiger partial charge in [0.05, 0.1) is 24.3 Å². The van der Waals surface area contributed by atoms with Gasteiger partial charge in [0.1, 0.15) is 6.04 Å². The zero-order chi connectivity index (χ0) is 27.4. The number of sulfonamides is 1. The SMILES string of the molecule is CNC(C)C(=O)NC(C(=O)N1CCC2C1C(C(=O)NCC1CCCCC1)CN2S(C)(=O)=O)C1CCCCC1. The molecule has 2 heterocycles. The van der Waals surface area contributed by atoms with Crippen LogP contribution >= 0.6 is 0 Å². The van der Waals surface area contributed by atoms with Gasteiger partial charge in [-0.05, 0) is 57.9 Å². The van der Waals surface area contributed by atoms with Gasteiger partial charge in [0.25, 0.3) is 0 Å². The van der Waals surface area contributed by atoms with Gasteiger partial charge in [-0.3, -0.25) is 14.4 Å². The molecule has 0 aromatic rings. The van der Waals surface area contributed by atoms with Crippen molar-refractivity contribution in [2.24, 2.45) is 17.8 Å². The number of hydrogen-bond acceptors (Lipinski definition) is 6. The summed E-state index contributed by atoms with van der Waals surface area (Å²) in [6.07, 6.45) is 12.4. The molecule has 11 heteroatoms. The lowest BCUT2D eigenvalue weighted by molar-refractivity contribution is -0.141. The second-order valence-electron chi connectivity index (χ2n) is 12.0. The molecule has 3 N–H and O–H groups in total. The van der Waals surface area contributed by atoms with Crippen LogP contribution in [0.1, 0.15) is 77.6 Å². The highest BCUT2D eigenvalue weighted by atomic mass is 32.2. The van der Waals surface area contributed by atoms with Crippen LogP contribution in [0.4, 0.5) is 0 Å². The Morgan fingerprint density at radius 3 is 2.18 bits per heavy atom. The minimum absolute atomic E-state index is 0.0364. The van der Waals surface area contributed by atoms with Gasteiger partial charge in [-0.2, -0.15) is 4.31 Å². The molecule has 3 amide bonds. The highest BCUT2D eigenvalue weighted by Crippen LogP contribution is 2.39. The fourth-order valence-electron chi connectivity index (χ4n) is 7.12. The normalized spacial score (nSPS) is 29.0. The van der Waals surface area contributed by atoms with Crippen LogP contribution in [0.3, 0.4) is 0 Å². The van der Waals surface area contributed by atoms with E-state index in [1.54, 1.807) is 18.9 Å². The maximum atomic E-state index is 14.2. The van der Waals surface area contributed by atoms with Gasteiger partial charge in [-0.15, -0.1) is 0 Å². The molecule has 38 heavy (non-hydrogen) atoms. The highest BCUT2D eigenvalue weighted by molar-refractivity contribution is 7.88. The molecule has 2 saturated carbocycles. The first-order valence-electron chi connectivity index (χ1n) is 14.6. The molecular formula is C27H47N5O5S. The number of likely N-dealkylation sites (N-methyl/N-ethyl adjacent to an activating group) is 1. The molecule has 5 unspecified atom stereocenters. The number of carbonyl (C=O) groups is 3. The van der Waals surface area contributed by atoms with E-state index in [1.165, 1.54) is 29.8 Å². The smallest absolute Gasteiger partial charge is 0.245 e. The number of hydrogen-bond donors (Lipinski definition) is 3. The maximum Gasteiger partial charge on any atom is 0.245 e. The van der Waals surface area contributed by atoms with Crippen LogP contribution in [-0.4, -0.2) is 92.4 Å². The minimum Gasteiger partial charge on any atom is -0.355 e. The summed E-state index contributed by atoms with van der Waals surface area (Å²) in [5.74, 6) is -0.701. The van der Waals surface area contributed by atoms with Gasteiger partial charge in [-0.25, -0.2) is 8.42 Å². The molecular weight excluding hydrogens is 506 g/mol. The van der Waals surface area contributed by atoms with E-state index in [0.29, 0.717) is 25.4 Å². The first-order valence-corrected chi connectivity index (χ1v) is 16.5. The molecule has 0 spiro atoms. The molecule has 0 radical (unpaired) electrons. The molecule has 4 fully saturated rings. The molecule has 2 aliphatic heterocycles. The van der Waals surface area contributed by atoms with Gasteiger partial charge >= 0.3 is 0 Å². The Labute approximate surface area is 228 Å². The second-order valence-corrected chi connectivity index (χ2v) is 13.9. The van der Waals surface area contributed by atoms with Crippen molar-refractivity contribution in [1.82, 2.24) is 25.2 Å². The summed E-state index contributed by atoms with van der Waals surface area (Å²) in [6, 6.07) is -2.05. The third kappa shape index (κ3) is 6.53. The van der Waals surface area contributed by atoms with Crippen LogP contribution in [0.15, 0.2) is 0 Å². The Balaban J connectivity index is 1.55. The predicted molar refractivity (Wildman–Crippen MR) is 146 cm³/mol. The highest BCUT2D eigenvalue weighted by Gasteiger charge is 2.56. The van der Waals surface area contributed by atoms with E-state index in [0.717, 1.165) is 44.9 Å². The van der Waals surface area contributed by atoms with Crippen molar-refractivity contribution in [2.45, 2.75) is 102 Å². The molecule has 0 aromatic carbocycles.